The number of furan rings is 1. The van der Waals surface area contributed by atoms with Crippen molar-refractivity contribution in [2.75, 3.05) is 0 Å². The van der Waals surface area contributed by atoms with Crippen molar-refractivity contribution in [1.29, 1.82) is 0 Å². The molecule has 0 aliphatic heterocycles. The number of hydrogen-bond acceptors (Lipinski definition) is 2. The summed E-state index contributed by atoms with van der Waals surface area (Å²) >= 11 is 0. The second-order valence-corrected chi connectivity index (χ2v) is 6.74. The van der Waals surface area contributed by atoms with Crippen molar-refractivity contribution >= 4 is 16.8 Å². The van der Waals surface area contributed by atoms with Crippen LogP contribution in [0.4, 0.5) is 0 Å². The molecule has 3 aromatic rings. The topological polar surface area (TPSA) is 30.2 Å². The fourth-order valence-electron chi connectivity index (χ4n) is 3.11. The van der Waals surface area contributed by atoms with E-state index >= 15 is 0 Å². The normalized spacial score (nSPS) is 11.3. The maximum absolute atomic E-state index is 12.9. The Balaban J connectivity index is 1.91. The molecule has 0 spiro atoms. The summed E-state index contributed by atoms with van der Waals surface area (Å²) in [5, 5.41) is 1.07. The Bertz CT molecular complexity index is 812. The lowest BCUT2D eigenvalue weighted by molar-refractivity contribution is 0.101. The first kappa shape index (κ1) is 16.5. The van der Waals surface area contributed by atoms with Gasteiger partial charge in [-0.25, -0.2) is 0 Å². The van der Waals surface area contributed by atoms with E-state index in [-0.39, 0.29) is 5.78 Å². The summed E-state index contributed by atoms with van der Waals surface area (Å²) < 4.78 is 5.94. The fraction of sp³-hybridized carbons (Fsp3) is 0.318. The third kappa shape index (κ3) is 3.59. The number of para-hydroxylation sites is 1. The van der Waals surface area contributed by atoms with Crippen LogP contribution in [0.3, 0.4) is 0 Å². The molecule has 1 aromatic heterocycles. The summed E-state index contributed by atoms with van der Waals surface area (Å²) in [6.07, 6.45) is 4.36. The highest BCUT2D eigenvalue weighted by Gasteiger charge is 2.21. The molecule has 0 amide bonds. The Morgan fingerprint density at radius 3 is 2.42 bits per heavy atom. The fourth-order valence-corrected chi connectivity index (χ4v) is 3.11. The van der Waals surface area contributed by atoms with Crippen LogP contribution < -0.4 is 0 Å². The largest absolute Gasteiger partial charge is 0.452 e. The molecule has 0 fully saturated rings. The van der Waals surface area contributed by atoms with Gasteiger partial charge in [-0.1, -0.05) is 75.2 Å². The van der Waals surface area contributed by atoms with Crippen molar-refractivity contribution in [1.82, 2.24) is 0 Å². The van der Waals surface area contributed by atoms with Crippen LogP contribution in [0, 0.1) is 5.92 Å². The maximum Gasteiger partial charge on any atom is 0.228 e. The lowest BCUT2D eigenvalue weighted by Crippen LogP contribution is -2.03. The summed E-state index contributed by atoms with van der Waals surface area (Å²) in [4.78, 5) is 12.9. The van der Waals surface area contributed by atoms with E-state index in [9.17, 15) is 4.79 Å². The Morgan fingerprint density at radius 2 is 1.67 bits per heavy atom. The first-order valence-corrected chi connectivity index (χ1v) is 8.77. The summed E-state index contributed by atoms with van der Waals surface area (Å²) in [6.45, 7) is 4.50. The number of benzene rings is 2. The van der Waals surface area contributed by atoms with Crippen molar-refractivity contribution in [2.45, 2.75) is 39.5 Å². The number of unbranched alkanes of at least 4 members (excludes halogenated alkanes) is 1. The van der Waals surface area contributed by atoms with Gasteiger partial charge in [0.05, 0.1) is 0 Å². The zero-order chi connectivity index (χ0) is 16.9. The minimum atomic E-state index is -0.0225. The molecule has 124 valence electrons. The van der Waals surface area contributed by atoms with Crippen molar-refractivity contribution in [3.8, 4) is 0 Å². The summed E-state index contributed by atoms with van der Waals surface area (Å²) in [7, 11) is 0. The Kier molecular flexibility index (Phi) is 5.14. The number of fused-ring (bicyclic) bond motifs is 1. The number of carbonyl (C=O) groups excluding carboxylic acids is 1. The number of hydrogen-bond donors (Lipinski definition) is 0. The van der Waals surface area contributed by atoms with Crippen LogP contribution in [0.15, 0.2) is 59.0 Å². The van der Waals surface area contributed by atoms with Crippen LogP contribution in [0.25, 0.3) is 11.0 Å². The number of carbonyl (C=O) groups is 1. The van der Waals surface area contributed by atoms with Crippen LogP contribution in [-0.2, 0) is 6.42 Å². The van der Waals surface area contributed by atoms with Gasteiger partial charge in [0.1, 0.15) is 5.58 Å². The van der Waals surface area contributed by atoms with Gasteiger partial charge in [-0.15, -0.1) is 0 Å². The Hall–Kier alpha value is -2.35. The standard InChI is InChI=1S/C22H24O2/c1-16(2)10-6-7-14-19-18-13-8-9-15-20(18)24-22(19)21(23)17-11-4-3-5-12-17/h3-5,8-9,11-13,15-16H,6-7,10,14H2,1-2H3. The molecule has 0 saturated carbocycles. The molecule has 0 aliphatic rings. The highest BCUT2D eigenvalue weighted by molar-refractivity contribution is 6.10. The quantitative estimate of drug-likeness (QED) is 0.393. The van der Waals surface area contributed by atoms with Crippen LogP contribution in [0.2, 0.25) is 0 Å². The number of rotatable bonds is 7. The van der Waals surface area contributed by atoms with Gasteiger partial charge in [-0.2, -0.15) is 0 Å². The smallest absolute Gasteiger partial charge is 0.228 e. The van der Waals surface area contributed by atoms with Gasteiger partial charge in [0, 0.05) is 16.5 Å². The SMILES string of the molecule is CC(C)CCCCc1c(C(=O)c2ccccc2)oc2ccccc12. The lowest BCUT2D eigenvalue weighted by atomic mass is 9.98. The third-order valence-electron chi connectivity index (χ3n) is 4.40. The predicted molar refractivity (Wildman–Crippen MR) is 98.5 cm³/mol. The molecule has 0 saturated heterocycles. The van der Waals surface area contributed by atoms with E-state index in [0.29, 0.717) is 11.3 Å². The molecule has 2 nitrogen and oxygen atoms in total. The van der Waals surface area contributed by atoms with Gasteiger partial charge in [-0.3, -0.25) is 4.79 Å². The molecule has 0 bridgehead atoms. The first-order valence-electron chi connectivity index (χ1n) is 8.77. The van der Waals surface area contributed by atoms with E-state index in [0.717, 1.165) is 35.3 Å². The molecule has 2 aromatic carbocycles. The van der Waals surface area contributed by atoms with Crippen LogP contribution in [0.1, 0.15) is 54.8 Å². The molecule has 0 unspecified atom stereocenters. The minimum absolute atomic E-state index is 0.0225. The molecular weight excluding hydrogens is 296 g/mol. The zero-order valence-electron chi connectivity index (χ0n) is 14.4. The number of ketones is 1. The van der Waals surface area contributed by atoms with Crippen LogP contribution in [-0.4, -0.2) is 5.78 Å². The zero-order valence-corrected chi connectivity index (χ0v) is 14.4. The number of aryl methyl sites for hydroxylation is 1. The molecule has 0 atom stereocenters. The third-order valence-corrected chi connectivity index (χ3v) is 4.40. The highest BCUT2D eigenvalue weighted by Crippen LogP contribution is 2.29. The van der Waals surface area contributed by atoms with Gasteiger partial charge < -0.3 is 4.42 Å². The molecular formula is C22H24O2. The van der Waals surface area contributed by atoms with E-state index in [2.05, 4.69) is 19.9 Å². The monoisotopic (exact) mass is 320 g/mol. The van der Waals surface area contributed by atoms with Crippen LogP contribution >= 0.6 is 0 Å². The average molecular weight is 320 g/mol. The second-order valence-electron chi connectivity index (χ2n) is 6.74. The van der Waals surface area contributed by atoms with Gasteiger partial charge in [0.15, 0.2) is 5.76 Å². The molecule has 0 aliphatic carbocycles. The highest BCUT2D eigenvalue weighted by atomic mass is 16.3. The van der Waals surface area contributed by atoms with Crippen molar-refractivity contribution < 1.29 is 9.21 Å². The average Bonchev–Trinajstić information content (AvgIpc) is 2.97. The van der Waals surface area contributed by atoms with E-state index in [4.69, 9.17) is 4.42 Å². The summed E-state index contributed by atoms with van der Waals surface area (Å²) in [6, 6.07) is 17.3. The summed E-state index contributed by atoms with van der Waals surface area (Å²) in [5.74, 6) is 1.20. The predicted octanol–water partition coefficient (Wildman–Crippen LogP) is 6.03. The van der Waals surface area contributed by atoms with Crippen molar-refractivity contribution in [2.24, 2.45) is 5.92 Å². The molecule has 3 rings (SSSR count). The molecule has 1 heterocycles. The first-order chi connectivity index (χ1) is 11.7. The van der Waals surface area contributed by atoms with Crippen molar-refractivity contribution in [3.05, 3.63) is 71.5 Å². The lowest BCUT2D eigenvalue weighted by Gasteiger charge is -2.05. The summed E-state index contributed by atoms with van der Waals surface area (Å²) in [5.41, 5.74) is 2.54. The molecule has 2 heteroatoms. The van der Waals surface area contributed by atoms with Gasteiger partial charge in [0.25, 0.3) is 0 Å². The van der Waals surface area contributed by atoms with Gasteiger partial charge in [0.2, 0.25) is 5.78 Å². The van der Waals surface area contributed by atoms with E-state index < -0.39 is 0 Å². The molecule has 0 N–H and O–H groups in total. The second kappa shape index (κ2) is 7.48. The molecule has 24 heavy (non-hydrogen) atoms. The Morgan fingerprint density at radius 1 is 0.958 bits per heavy atom. The molecule has 0 radical (unpaired) electrons. The van der Waals surface area contributed by atoms with Gasteiger partial charge >= 0.3 is 0 Å². The van der Waals surface area contributed by atoms with Crippen molar-refractivity contribution in [3.63, 3.8) is 0 Å². The van der Waals surface area contributed by atoms with Crippen LogP contribution in [0.5, 0.6) is 0 Å². The maximum atomic E-state index is 12.9. The Labute approximate surface area is 143 Å². The van der Waals surface area contributed by atoms with E-state index in [1.165, 1.54) is 12.8 Å². The minimum Gasteiger partial charge on any atom is -0.452 e. The van der Waals surface area contributed by atoms with E-state index in [1.807, 2.05) is 48.5 Å². The van der Waals surface area contributed by atoms with E-state index in [1.54, 1.807) is 0 Å². The van der Waals surface area contributed by atoms with Gasteiger partial charge in [-0.05, 0) is 24.8 Å².